The highest BCUT2D eigenvalue weighted by Crippen LogP contribution is 2.29. The van der Waals surface area contributed by atoms with E-state index in [9.17, 15) is 9.59 Å². The third kappa shape index (κ3) is 5.59. The van der Waals surface area contributed by atoms with Crippen LogP contribution in [0.2, 0.25) is 0 Å². The van der Waals surface area contributed by atoms with E-state index in [4.69, 9.17) is 0 Å². The van der Waals surface area contributed by atoms with E-state index >= 15 is 0 Å². The highest BCUT2D eigenvalue weighted by atomic mass is 32.2. The van der Waals surface area contributed by atoms with Crippen LogP contribution < -0.4 is 15.5 Å². The number of fused-ring (bicyclic) bond motifs is 1. The molecule has 4 N–H and O–H groups in total. The number of nitrogens with zero attached hydrogens (tertiary/aromatic N) is 3. The van der Waals surface area contributed by atoms with Gasteiger partial charge in [0.2, 0.25) is 11.8 Å². The molecule has 8 nitrogen and oxygen atoms in total. The van der Waals surface area contributed by atoms with Crippen molar-refractivity contribution < 1.29 is 19.8 Å². The lowest BCUT2D eigenvalue weighted by Crippen LogP contribution is -3.18. The molecule has 0 aliphatic carbocycles. The molecule has 0 radical (unpaired) electrons. The lowest BCUT2D eigenvalue weighted by Gasteiger charge is -2.39. The fourth-order valence-corrected chi connectivity index (χ4v) is 8.37. The standard InChI is InChI=1S/C25H44N6O2S/c1-28-19(7-8-23(32)30-14-12-29(13-15-30)22-6-2-3-10-26-22)17-27-25(33)24-21(28)9-11-31(24)18-20-5-4-16-34-20/h19-22,24,26H,2-18H2,1H3,(H,27,33)/p+2/t19-,20?,21-,22?,24-/m0/s1. The third-order valence-electron chi connectivity index (χ3n) is 9.22. The van der Waals surface area contributed by atoms with Crippen molar-refractivity contribution in [2.75, 3.05) is 65.2 Å². The molecule has 5 rings (SSSR count). The molecule has 3 unspecified atom stereocenters. The van der Waals surface area contributed by atoms with E-state index in [0.717, 1.165) is 52.1 Å². The summed E-state index contributed by atoms with van der Waals surface area (Å²) in [6, 6.07) is 0.678. The number of likely N-dealkylation sites (tertiary alicyclic amines) is 1. The van der Waals surface area contributed by atoms with Gasteiger partial charge in [-0.1, -0.05) is 0 Å². The summed E-state index contributed by atoms with van der Waals surface area (Å²) in [4.78, 5) is 34.7. The molecule has 9 heteroatoms. The van der Waals surface area contributed by atoms with Crippen LogP contribution in [-0.2, 0) is 9.59 Å². The minimum absolute atomic E-state index is 0.00608. The van der Waals surface area contributed by atoms with Crippen molar-refractivity contribution in [3.05, 3.63) is 0 Å². The van der Waals surface area contributed by atoms with Crippen molar-refractivity contribution in [1.29, 1.82) is 0 Å². The van der Waals surface area contributed by atoms with Crippen LogP contribution in [0.25, 0.3) is 0 Å². The van der Waals surface area contributed by atoms with Crippen LogP contribution in [0.3, 0.4) is 0 Å². The van der Waals surface area contributed by atoms with Gasteiger partial charge in [-0.3, -0.25) is 19.4 Å². The molecule has 5 aliphatic heterocycles. The van der Waals surface area contributed by atoms with E-state index in [-0.39, 0.29) is 11.9 Å². The van der Waals surface area contributed by atoms with Crippen LogP contribution in [0, 0.1) is 0 Å². The van der Waals surface area contributed by atoms with Crippen molar-refractivity contribution in [2.45, 2.75) is 80.9 Å². The first-order valence-corrected chi connectivity index (χ1v) is 15.0. The van der Waals surface area contributed by atoms with E-state index in [1.54, 1.807) is 0 Å². The van der Waals surface area contributed by atoms with Crippen molar-refractivity contribution in [3.8, 4) is 0 Å². The largest absolute Gasteiger partial charge is 0.349 e. The zero-order chi connectivity index (χ0) is 23.5. The third-order valence-corrected chi connectivity index (χ3v) is 10.6. The molecule has 0 aromatic rings. The molecular weight excluding hydrogens is 448 g/mol. The summed E-state index contributed by atoms with van der Waals surface area (Å²) in [7, 11) is 2.26. The second-order valence-corrected chi connectivity index (χ2v) is 12.6. The second kappa shape index (κ2) is 11.5. The first kappa shape index (κ1) is 24.8. The zero-order valence-electron chi connectivity index (χ0n) is 21.1. The van der Waals surface area contributed by atoms with Crippen LogP contribution in [0.15, 0.2) is 0 Å². The molecule has 5 aliphatic rings. The number of nitrogens with one attached hydrogen (secondary N) is 2. The van der Waals surface area contributed by atoms with Gasteiger partial charge in [0, 0.05) is 70.2 Å². The molecular formula is C25H46N6O2S+2. The van der Waals surface area contributed by atoms with Gasteiger partial charge in [0.05, 0.1) is 20.1 Å². The molecule has 2 amide bonds. The molecule has 5 saturated heterocycles. The first-order chi connectivity index (χ1) is 16.6. The lowest BCUT2D eigenvalue weighted by molar-refractivity contribution is -0.928. The van der Waals surface area contributed by atoms with Gasteiger partial charge in [-0.05, 0) is 31.4 Å². The van der Waals surface area contributed by atoms with E-state index in [0.29, 0.717) is 42.4 Å². The number of hydrogen-bond acceptors (Lipinski definition) is 5. The Morgan fingerprint density at radius 2 is 1.97 bits per heavy atom. The van der Waals surface area contributed by atoms with Gasteiger partial charge in [-0.25, -0.2) is 0 Å². The monoisotopic (exact) mass is 494 g/mol. The van der Waals surface area contributed by atoms with Gasteiger partial charge in [-0.15, -0.1) is 0 Å². The Hall–Kier alpha value is -0.870. The fourth-order valence-electron chi connectivity index (χ4n) is 7.07. The molecule has 0 bridgehead atoms. The number of piperidine rings is 1. The maximum atomic E-state index is 13.1. The molecule has 5 fully saturated rings. The summed E-state index contributed by atoms with van der Waals surface area (Å²) in [6.07, 6.45) is 9.76. The average molecular weight is 495 g/mol. The van der Waals surface area contributed by atoms with Crippen LogP contribution in [0.1, 0.15) is 51.4 Å². The van der Waals surface area contributed by atoms with E-state index in [2.05, 4.69) is 44.1 Å². The van der Waals surface area contributed by atoms with E-state index in [1.807, 2.05) is 0 Å². The van der Waals surface area contributed by atoms with Gasteiger partial charge in [0.25, 0.3) is 0 Å². The number of rotatable bonds is 6. The van der Waals surface area contributed by atoms with Crippen molar-refractivity contribution in [3.63, 3.8) is 0 Å². The summed E-state index contributed by atoms with van der Waals surface area (Å²) >= 11 is 2.08. The topological polar surface area (TPSA) is 76.9 Å². The van der Waals surface area contributed by atoms with Gasteiger partial charge in [-0.2, -0.15) is 11.8 Å². The number of amides is 2. The number of carbonyl (C=O) groups excluding carboxylic acids is 2. The maximum Gasteiger partial charge on any atom is 0.243 e. The van der Waals surface area contributed by atoms with Crippen LogP contribution in [-0.4, -0.2) is 121 Å². The Balaban J connectivity index is 1.10. The molecule has 0 aromatic heterocycles. The molecule has 0 aromatic carbocycles. The van der Waals surface area contributed by atoms with Crippen molar-refractivity contribution in [2.24, 2.45) is 0 Å². The average Bonchev–Trinajstić information content (AvgIpc) is 3.52. The van der Waals surface area contributed by atoms with Crippen LogP contribution in [0.5, 0.6) is 0 Å². The number of carbonyl (C=O) groups is 2. The summed E-state index contributed by atoms with van der Waals surface area (Å²) in [5.74, 6) is 1.79. The minimum atomic E-state index is 0.00608. The Labute approximate surface area is 209 Å². The number of piperazine rings is 1. The first-order valence-electron chi connectivity index (χ1n) is 13.9. The van der Waals surface area contributed by atoms with Gasteiger partial charge in [0.15, 0.2) is 0 Å². The van der Waals surface area contributed by atoms with Crippen molar-refractivity contribution >= 4 is 23.6 Å². The smallest absolute Gasteiger partial charge is 0.243 e. The highest BCUT2D eigenvalue weighted by Gasteiger charge is 2.48. The van der Waals surface area contributed by atoms with Gasteiger partial charge >= 0.3 is 0 Å². The highest BCUT2D eigenvalue weighted by molar-refractivity contribution is 8.00. The summed E-state index contributed by atoms with van der Waals surface area (Å²) in [6.45, 7) is 7.79. The van der Waals surface area contributed by atoms with Crippen LogP contribution >= 0.6 is 11.8 Å². The zero-order valence-corrected chi connectivity index (χ0v) is 21.9. The molecule has 0 saturated carbocycles. The molecule has 6 atom stereocenters. The summed E-state index contributed by atoms with van der Waals surface area (Å²) in [5, 5.41) is 6.44. The number of quaternary nitrogens is 2. The number of nitrogens with two attached hydrogens (primary N) is 1. The van der Waals surface area contributed by atoms with Crippen LogP contribution in [0.4, 0.5) is 0 Å². The molecule has 192 valence electrons. The lowest BCUT2D eigenvalue weighted by atomic mass is 10.0. The normalized spacial score (nSPS) is 37.9. The Morgan fingerprint density at radius 1 is 1.12 bits per heavy atom. The Bertz CT molecular complexity index is 706. The van der Waals surface area contributed by atoms with Gasteiger partial charge < -0.3 is 20.4 Å². The summed E-state index contributed by atoms with van der Waals surface area (Å²) in [5.41, 5.74) is 0. The van der Waals surface area contributed by atoms with Crippen molar-refractivity contribution in [1.82, 2.24) is 20.0 Å². The molecule has 34 heavy (non-hydrogen) atoms. The SMILES string of the molecule is C[NH+]1[C@@H](CCC(=O)N2CCN(C3CCCC[NH2+]3)CC2)CNC(=O)[C@@H]2[C@@H]1CCN2CC1CCCS1. The Morgan fingerprint density at radius 3 is 2.71 bits per heavy atom. The quantitative estimate of drug-likeness (QED) is 0.412. The van der Waals surface area contributed by atoms with Gasteiger partial charge in [0.1, 0.15) is 24.3 Å². The summed E-state index contributed by atoms with van der Waals surface area (Å²) < 4.78 is 0. The number of thioether (sulfide) groups is 1. The Kier molecular flexibility index (Phi) is 8.36. The predicted octanol–water partition coefficient (Wildman–Crippen LogP) is -1.66. The van der Waals surface area contributed by atoms with E-state index < -0.39 is 0 Å². The number of hydrogen-bond donors (Lipinski definition) is 3. The van der Waals surface area contributed by atoms with E-state index in [1.165, 1.54) is 49.3 Å². The number of likely N-dealkylation sites (N-methyl/N-ethyl adjacent to an activating group) is 1. The molecule has 5 heterocycles. The maximum absolute atomic E-state index is 13.1. The minimum Gasteiger partial charge on any atom is -0.349 e. The fraction of sp³-hybridized carbons (Fsp3) is 0.920. The molecule has 0 spiro atoms. The predicted molar refractivity (Wildman–Crippen MR) is 135 cm³/mol. The second-order valence-electron chi connectivity index (χ2n) is 11.2.